The number of hydrogen-bond acceptors (Lipinski definition) is 2. The molecule has 0 radical (unpaired) electrons. The minimum absolute atomic E-state index is 0.238. The highest BCUT2D eigenvalue weighted by Gasteiger charge is 2.33. The van der Waals surface area contributed by atoms with Crippen molar-refractivity contribution in [2.24, 2.45) is 5.92 Å². The Hall–Kier alpha value is -1.56. The summed E-state index contributed by atoms with van der Waals surface area (Å²) in [6.07, 6.45) is 1.34. The third-order valence-corrected chi connectivity index (χ3v) is 5.55. The molecule has 1 aromatic carbocycles. The Morgan fingerprint density at radius 3 is 2.54 bits per heavy atom. The van der Waals surface area contributed by atoms with Crippen LogP contribution in [0, 0.1) is 5.92 Å². The van der Waals surface area contributed by atoms with Crippen molar-refractivity contribution in [2.75, 3.05) is 26.2 Å². The second kappa shape index (κ2) is 8.42. The summed E-state index contributed by atoms with van der Waals surface area (Å²) in [4.78, 5) is 16.3. The van der Waals surface area contributed by atoms with Gasteiger partial charge in [-0.25, -0.2) is 0 Å². The molecule has 26 heavy (non-hydrogen) atoms. The number of rotatable bonds is 5. The molecular weight excluding hydrogens is 341 g/mol. The van der Waals surface area contributed by atoms with Crippen molar-refractivity contribution in [3.63, 3.8) is 0 Å². The van der Waals surface area contributed by atoms with Crippen molar-refractivity contribution in [3.8, 4) is 0 Å². The summed E-state index contributed by atoms with van der Waals surface area (Å²) in [5, 5.41) is 0. The van der Waals surface area contributed by atoms with Crippen LogP contribution in [0.4, 0.5) is 13.2 Å². The van der Waals surface area contributed by atoms with Crippen molar-refractivity contribution < 1.29 is 18.0 Å². The highest BCUT2D eigenvalue weighted by atomic mass is 19.4. The van der Waals surface area contributed by atoms with Crippen molar-refractivity contribution >= 4 is 5.91 Å². The molecule has 6 heteroatoms. The zero-order valence-electron chi connectivity index (χ0n) is 15.1. The molecule has 2 heterocycles. The lowest BCUT2D eigenvalue weighted by molar-refractivity contribution is -0.138. The van der Waals surface area contributed by atoms with E-state index in [9.17, 15) is 18.0 Å². The summed E-state index contributed by atoms with van der Waals surface area (Å²) >= 11 is 0. The quantitative estimate of drug-likeness (QED) is 0.773. The zero-order valence-corrected chi connectivity index (χ0v) is 15.1. The van der Waals surface area contributed by atoms with Crippen molar-refractivity contribution in [2.45, 2.75) is 51.2 Å². The number of amides is 1. The predicted octanol–water partition coefficient (Wildman–Crippen LogP) is 4.32. The SMILES string of the molecule is O=C(CCC1CCCN(Cc2ccccc2C(F)(F)F)C1)N1CCCC1. The molecule has 3 rings (SSSR count). The lowest BCUT2D eigenvalue weighted by Crippen LogP contribution is -2.36. The van der Waals surface area contributed by atoms with E-state index >= 15 is 0 Å². The Morgan fingerprint density at radius 1 is 1.08 bits per heavy atom. The molecule has 1 unspecified atom stereocenters. The molecule has 0 saturated carbocycles. The number of halogens is 3. The number of alkyl halides is 3. The minimum atomic E-state index is -4.31. The smallest absolute Gasteiger partial charge is 0.343 e. The van der Waals surface area contributed by atoms with Gasteiger partial charge in [-0.1, -0.05) is 18.2 Å². The van der Waals surface area contributed by atoms with E-state index < -0.39 is 11.7 Å². The highest BCUT2D eigenvalue weighted by Crippen LogP contribution is 2.33. The summed E-state index contributed by atoms with van der Waals surface area (Å²) in [5.41, 5.74) is -0.194. The molecule has 3 nitrogen and oxygen atoms in total. The van der Waals surface area contributed by atoms with Gasteiger partial charge in [0.25, 0.3) is 0 Å². The summed E-state index contributed by atoms with van der Waals surface area (Å²) in [6, 6.07) is 5.84. The Balaban J connectivity index is 1.53. The van der Waals surface area contributed by atoms with Gasteiger partial charge in [0.05, 0.1) is 5.56 Å². The lowest BCUT2D eigenvalue weighted by Gasteiger charge is -2.33. The largest absolute Gasteiger partial charge is 0.416 e. The molecule has 144 valence electrons. The minimum Gasteiger partial charge on any atom is -0.343 e. The fourth-order valence-corrected chi connectivity index (χ4v) is 4.16. The molecular formula is C20H27F3N2O. The van der Waals surface area contributed by atoms with E-state index in [4.69, 9.17) is 0 Å². The first kappa shape index (κ1) is 19.2. The average molecular weight is 368 g/mol. The molecule has 1 atom stereocenters. The van der Waals surface area contributed by atoms with Crippen LogP contribution in [0.2, 0.25) is 0 Å². The van der Waals surface area contributed by atoms with Crippen LogP contribution in [-0.4, -0.2) is 41.9 Å². The summed E-state index contributed by atoms with van der Waals surface area (Å²) in [6.45, 7) is 3.68. The maximum atomic E-state index is 13.2. The van der Waals surface area contributed by atoms with E-state index in [0.717, 1.165) is 64.3 Å². The maximum Gasteiger partial charge on any atom is 0.416 e. The van der Waals surface area contributed by atoms with Crippen molar-refractivity contribution in [1.82, 2.24) is 9.80 Å². The third kappa shape index (κ3) is 5.00. The molecule has 1 aromatic rings. The Kier molecular flexibility index (Phi) is 6.22. The van der Waals surface area contributed by atoms with Gasteiger partial charge >= 0.3 is 6.18 Å². The van der Waals surface area contributed by atoms with Crippen LogP contribution in [0.5, 0.6) is 0 Å². The van der Waals surface area contributed by atoms with E-state index in [1.165, 1.54) is 6.07 Å². The highest BCUT2D eigenvalue weighted by molar-refractivity contribution is 5.76. The Bertz CT molecular complexity index is 611. The standard InChI is InChI=1S/C20H27F3N2O/c21-20(22,23)18-8-2-1-7-17(18)15-24-11-5-6-16(14-24)9-10-19(26)25-12-3-4-13-25/h1-2,7-8,16H,3-6,9-15H2. The first-order valence-corrected chi connectivity index (χ1v) is 9.59. The third-order valence-electron chi connectivity index (χ3n) is 5.55. The van der Waals surface area contributed by atoms with Crippen LogP contribution in [-0.2, 0) is 17.5 Å². The van der Waals surface area contributed by atoms with Crippen LogP contribution in [0.3, 0.4) is 0 Å². The second-order valence-corrected chi connectivity index (χ2v) is 7.52. The number of carbonyl (C=O) groups excluding carboxylic acids is 1. The van der Waals surface area contributed by atoms with Gasteiger partial charge in [0.2, 0.25) is 5.91 Å². The van der Waals surface area contributed by atoms with Gasteiger partial charge in [-0.3, -0.25) is 9.69 Å². The molecule has 0 aromatic heterocycles. The number of benzene rings is 1. The number of likely N-dealkylation sites (tertiary alicyclic amines) is 2. The molecule has 2 aliphatic heterocycles. The van der Waals surface area contributed by atoms with Gasteiger partial charge in [-0.2, -0.15) is 13.2 Å². The van der Waals surface area contributed by atoms with E-state index in [1.54, 1.807) is 12.1 Å². The molecule has 2 aliphatic rings. The van der Waals surface area contributed by atoms with Gasteiger partial charge in [0, 0.05) is 32.6 Å². The van der Waals surface area contributed by atoms with Gasteiger partial charge in [0.15, 0.2) is 0 Å². The van der Waals surface area contributed by atoms with Crippen LogP contribution in [0.25, 0.3) is 0 Å². The van der Waals surface area contributed by atoms with Crippen LogP contribution >= 0.6 is 0 Å². The maximum absolute atomic E-state index is 13.2. The molecule has 0 spiro atoms. The fraction of sp³-hybridized carbons (Fsp3) is 0.650. The molecule has 0 N–H and O–H groups in total. The van der Waals surface area contributed by atoms with Gasteiger partial charge in [0.1, 0.15) is 0 Å². The van der Waals surface area contributed by atoms with Crippen molar-refractivity contribution in [1.29, 1.82) is 0 Å². The predicted molar refractivity (Wildman–Crippen MR) is 94.5 cm³/mol. The van der Waals surface area contributed by atoms with Crippen LogP contribution in [0.15, 0.2) is 24.3 Å². The molecule has 2 fully saturated rings. The second-order valence-electron chi connectivity index (χ2n) is 7.52. The summed E-state index contributed by atoms with van der Waals surface area (Å²) in [5.74, 6) is 0.635. The van der Waals surface area contributed by atoms with E-state index in [-0.39, 0.29) is 5.91 Å². The lowest BCUT2D eigenvalue weighted by atomic mass is 9.92. The first-order chi connectivity index (χ1) is 12.4. The van der Waals surface area contributed by atoms with Gasteiger partial charge in [-0.05, 0) is 56.2 Å². The normalized spacial score (nSPS) is 22.0. The van der Waals surface area contributed by atoms with E-state index in [1.807, 2.05) is 4.90 Å². The number of hydrogen-bond donors (Lipinski definition) is 0. The van der Waals surface area contributed by atoms with Gasteiger partial charge in [-0.15, -0.1) is 0 Å². The van der Waals surface area contributed by atoms with E-state index in [2.05, 4.69) is 4.90 Å². The van der Waals surface area contributed by atoms with Crippen LogP contribution < -0.4 is 0 Å². The monoisotopic (exact) mass is 368 g/mol. The Morgan fingerprint density at radius 2 is 1.81 bits per heavy atom. The molecule has 0 aliphatic carbocycles. The molecule has 1 amide bonds. The molecule has 0 bridgehead atoms. The van der Waals surface area contributed by atoms with Crippen molar-refractivity contribution in [3.05, 3.63) is 35.4 Å². The number of carbonyl (C=O) groups is 1. The Labute approximate surface area is 153 Å². The topological polar surface area (TPSA) is 23.6 Å². The fourth-order valence-electron chi connectivity index (χ4n) is 4.16. The number of nitrogens with zero attached hydrogens (tertiary/aromatic N) is 2. The van der Waals surface area contributed by atoms with E-state index in [0.29, 0.717) is 24.4 Å². The summed E-state index contributed by atoms with van der Waals surface area (Å²) in [7, 11) is 0. The number of piperidine rings is 1. The molecule has 2 saturated heterocycles. The summed E-state index contributed by atoms with van der Waals surface area (Å²) < 4.78 is 39.5. The zero-order chi connectivity index (χ0) is 18.6. The average Bonchev–Trinajstić information content (AvgIpc) is 3.14. The first-order valence-electron chi connectivity index (χ1n) is 9.59. The van der Waals surface area contributed by atoms with Crippen LogP contribution in [0.1, 0.15) is 49.7 Å². The van der Waals surface area contributed by atoms with Gasteiger partial charge < -0.3 is 4.90 Å².